The first-order valence-electron chi connectivity index (χ1n) is 9.64. The number of nitrogens with two attached hydrogens (primary N) is 2. The van der Waals surface area contributed by atoms with Gasteiger partial charge in [-0.2, -0.15) is 0 Å². The second-order valence-electron chi connectivity index (χ2n) is 8.17. The molecule has 0 radical (unpaired) electrons. The highest BCUT2D eigenvalue weighted by Gasteiger charge is 2.27. The van der Waals surface area contributed by atoms with Crippen molar-refractivity contribution < 1.29 is 24.0 Å². The van der Waals surface area contributed by atoms with Crippen LogP contribution in [-0.2, 0) is 24.0 Å². The third kappa shape index (κ3) is 9.96. The topological polar surface area (TPSA) is 134 Å². The third-order valence-corrected chi connectivity index (χ3v) is 4.54. The molecule has 1 rings (SSSR count). The molecule has 0 aliphatic heterocycles. The van der Waals surface area contributed by atoms with Gasteiger partial charge in [-0.1, -0.05) is 50.1 Å². The van der Waals surface area contributed by atoms with Gasteiger partial charge in [0.1, 0.15) is 5.60 Å². The van der Waals surface area contributed by atoms with Crippen LogP contribution < -0.4 is 11.5 Å². The zero-order valence-corrected chi connectivity index (χ0v) is 16.7. The van der Waals surface area contributed by atoms with Crippen molar-refractivity contribution in [2.24, 2.45) is 28.5 Å². The average molecular weight is 383 g/mol. The van der Waals surface area contributed by atoms with Gasteiger partial charge in [0.05, 0.1) is 12.3 Å². The van der Waals surface area contributed by atoms with Crippen LogP contribution in [0.3, 0.4) is 0 Å². The maximum absolute atomic E-state index is 12.3. The Morgan fingerprint density at radius 3 is 2.30 bits per heavy atom. The zero-order chi connectivity index (χ0) is 20.4. The molecule has 4 N–H and O–H groups in total. The molecule has 1 fully saturated rings. The van der Waals surface area contributed by atoms with Gasteiger partial charge in [0, 0.05) is 0 Å². The van der Waals surface area contributed by atoms with E-state index in [9.17, 15) is 14.4 Å². The number of oxime groups is 1. The van der Waals surface area contributed by atoms with E-state index < -0.39 is 35.2 Å². The van der Waals surface area contributed by atoms with Crippen LogP contribution in [0.2, 0.25) is 0 Å². The minimum absolute atomic E-state index is 0.104. The molecule has 8 heteroatoms. The second-order valence-corrected chi connectivity index (χ2v) is 8.17. The van der Waals surface area contributed by atoms with Crippen LogP contribution in [0.25, 0.3) is 0 Å². The van der Waals surface area contributed by atoms with E-state index in [1.54, 1.807) is 20.8 Å². The van der Waals surface area contributed by atoms with E-state index in [4.69, 9.17) is 21.0 Å². The number of carbonyl (C=O) groups excluding carboxylic acids is 3. The Labute approximate surface area is 161 Å². The van der Waals surface area contributed by atoms with Crippen molar-refractivity contribution in [2.45, 2.75) is 84.2 Å². The monoisotopic (exact) mass is 383 g/mol. The van der Waals surface area contributed by atoms with Gasteiger partial charge in [-0.15, -0.1) is 0 Å². The highest BCUT2D eigenvalue weighted by atomic mass is 16.7. The predicted octanol–water partition coefficient (Wildman–Crippen LogP) is 2.39. The fourth-order valence-corrected chi connectivity index (χ4v) is 3.23. The van der Waals surface area contributed by atoms with Gasteiger partial charge in [-0.25, -0.2) is 4.79 Å². The molecule has 1 saturated carbocycles. The number of ether oxygens (including phenoxy) is 1. The first-order chi connectivity index (χ1) is 12.6. The normalized spacial score (nSPS) is 17.2. The minimum atomic E-state index is -0.983. The number of carbonyl (C=O) groups is 3. The maximum Gasteiger partial charge on any atom is 0.338 e. The summed E-state index contributed by atoms with van der Waals surface area (Å²) >= 11 is 0. The zero-order valence-electron chi connectivity index (χ0n) is 16.7. The van der Waals surface area contributed by atoms with Gasteiger partial charge < -0.3 is 21.0 Å². The van der Waals surface area contributed by atoms with Crippen molar-refractivity contribution in [3.8, 4) is 0 Å². The highest BCUT2D eigenvalue weighted by Crippen LogP contribution is 2.29. The third-order valence-electron chi connectivity index (χ3n) is 4.54. The van der Waals surface area contributed by atoms with Crippen LogP contribution in [0.4, 0.5) is 0 Å². The van der Waals surface area contributed by atoms with Gasteiger partial charge >= 0.3 is 11.9 Å². The lowest BCUT2D eigenvalue weighted by atomic mass is 9.84. The van der Waals surface area contributed by atoms with Crippen LogP contribution in [-0.4, -0.2) is 29.3 Å². The van der Waals surface area contributed by atoms with E-state index in [2.05, 4.69) is 5.16 Å². The Morgan fingerprint density at radius 1 is 1.11 bits per heavy atom. The molecule has 0 heterocycles. The Bertz CT molecular complexity index is 548. The molecule has 1 aliphatic rings. The van der Waals surface area contributed by atoms with E-state index in [-0.39, 0.29) is 6.42 Å². The Kier molecular flexibility index (Phi) is 9.25. The van der Waals surface area contributed by atoms with Crippen LogP contribution in [0.5, 0.6) is 0 Å². The van der Waals surface area contributed by atoms with Crippen molar-refractivity contribution in [3.63, 3.8) is 0 Å². The largest absolute Gasteiger partial charge is 0.460 e. The van der Waals surface area contributed by atoms with Gasteiger partial charge in [0.25, 0.3) is 5.91 Å². The Hall–Kier alpha value is -2.12. The number of amidine groups is 1. The Morgan fingerprint density at radius 2 is 1.74 bits per heavy atom. The lowest BCUT2D eigenvalue weighted by Crippen LogP contribution is -2.32. The molecular weight excluding hydrogens is 350 g/mol. The highest BCUT2D eigenvalue weighted by molar-refractivity contribution is 6.36. The summed E-state index contributed by atoms with van der Waals surface area (Å²) in [5.74, 6) is -2.79. The standard InChI is InChI=1S/C19H33N3O5/c1-19(2,3)26-15(23)12-14(18(25)27-22-16(20)17(21)24)11-7-10-13-8-5-4-6-9-13/h13-14H,4-12H2,1-3H3,(H2,20,22)(H2,21,24). The molecule has 0 aromatic rings. The average Bonchev–Trinajstić information content (AvgIpc) is 2.57. The second kappa shape index (κ2) is 10.9. The molecule has 1 atom stereocenters. The number of esters is 1. The van der Waals surface area contributed by atoms with Crippen LogP contribution in [0, 0.1) is 11.8 Å². The Balaban J connectivity index is 2.63. The summed E-state index contributed by atoms with van der Waals surface area (Å²) in [6.07, 6.45) is 8.47. The van der Waals surface area contributed by atoms with Crippen LogP contribution in [0.1, 0.15) is 78.6 Å². The minimum Gasteiger partial charge on any atom is -0.460 e. The van der Waals surface area contributed by atoms with Crippen molar-refractivity contribution in [1.29, 1.82) is 0 Å². The van der Waals surface area contributed by atoms with Gasteiger partial charge in [-0.05, 0) is 33.1 Å². The predicted molar refractivity (Wildman–Crippen MR) is 101 cm³/mol. The van der Waals surface area contributed by atoms with E-state index in [0.29, 0.717) is 12.3 Å². The number of amides is 1. The molecule has 0 bridgehead atoms. The first kappa shape index (κ1) is 22.9. The first-order valence-corrected chi connectivity index (χ1v) is 9.64. The molecule has 27 heavy (non-hydrogen) atoms. The summed E-state index contributed by atoms with van der Waals surface area (Å²) in [5, 5.41) is 3.24. The molecule has 154 valence electrons. The van der Waals surface area contributed by atoms with Crippen molar-refractivity contribution >= 4 is 23.7 Å². The number of hydrogen-bond donors (Lipinski definition) is 2. The van der Waals surface area contributed by atoms with E-state index in [1.807, 2.05) is 0 Å². The molecule has 0 aromatic carbocycles. The summed E-state index contributed by atoms with van der Waals surface area (Å²) < 4.78 is 5.30. The number of rotatable bonds is 8. The number of hydrogen-bond acceptors (Lipinski definition) is 6. The summed E-state index contributed by atoms with van der Waals surface area (Å²) in [5.41, 5.74) is 9.57. The fraction of sp³-hybridized carbons (Fsp3) is 0.789. The van der Waals surface area contributed by atoms with Gasteiger partial charge in [0.2, 0.25) is 5.84 Å². The van der Waals surface area contributed by atoms with Gasteiger partial charge in [-0.3, -0.25) is 9.59 Å². The van der Waals surface area contributed by atoms with Crippen molar-refractivity contribution in [2.75, 3.05) is 0 Å². The lowest BCUT2D eigenvalue weighted by molar-refractivity contribution is -0.161. The van der Waals surface area contributed by atoms with E-state index in [1.165, 1.54) is 32.1 Å². The number of nitrogens with zero attached hydrogens (tertiary/aromatic N) is 1. The van der Waals surface area contributed by atoms with Crippen LogP contribution >= 0.6 is 0 Å². The molecule has 0 spiro atoms. The molecule has 1 aliphatic carbocycles. The molecular formula is C19H33N3O5. The molecule has 8 nitrogen and oxygen atoms in total. The lowest BCUT2D eigenvalue weighted by Gasteiger charge is -2.23. The van der Waals surface area contributed by atoms with E-state index >= 15 is 0 Å². The summed E-state index contributed by atoms with van der Waals surface area (Å²) in [7, 11) is 0. The maximum atomic E-state index is 12.3. The van der Waals surface area contributed by atoms with Gasteiger partial charge in [0.15, 0.2) is 0 Å². The summed E-state index contributed by atoms with van der Waals surface area (Å²) in [6, 6.07) is 0. The summed E-state index contributed by atoms with van der Waals surface area (Å²) in [4.78, 5) is 40.0. The smallest absolute Gasteiger partial charge is 0.338 e. The molecule has 0 aromatic heterocycles. The quantitative estimate of drug-likeness (QED) is 0.217. The van der Waals surface area contributed by atoms with Crippen LogP contribution in [0.15, 0.2) is 5.16 Å². The molecule has 1 unspecified atom stereocenters. The van der Waals surface area contributed by atoms with Crippen molar-refractivity contribution in [3.05, 3.63) is 0 Å². The SMILES string of the molecule is CC(C)(C)OC(=O)CC(CCCC1CCCCC1)C(=O)O/N=C(\N)C(N)=O. The fourth-order valence-electron chi connectivity index (χ4n) is 3.23. The van der Waals surface area contributed by atoms with E-state index in [0.717, 1.165) is 12.8 Å². The number of primary amides is 1. The molecule has 1 amide bonds. The van der Waals surface area contributed by atoms with Crippen molar-refractivity contribution in [1.82, 2.24) is 0 Å². The summed E-state index contributed by atoms with van der Waals surface area (Å²) in [6.45, 7) is 5.29. The molecule has 0 saturated heterocycles.